The summed E-state index contributed by atoms with van der Waals surface area (Å²) in [5.41, 5.74) is 1.82. The fourth-order valence-corrected chi connectivity index (χ4v) is 6.14. The molecule has 0 fully saturated rings. The third-order valence-corrected chi connectivity index (χ3v) is 11.4. The van der Waals surface area contributed by atoms with Crippen LogP contribution in [0, 0.1) is 78.3 Å². The smallest absolute Gasteiger partial charge is 0.340 e. The summed E-state index contributed by atoms with van der Waals surface area (Å²) in [5.74, 6) is -7.79. The maximum absolute atomic E-state index is 13.4. The maximum atomic E-state index is 13.4. The normalized spacial score (nSPS) is 10.1. The van der Waals surface area contributed by atoms with Crippen molar-refractivity contribution in [3.63, 3.8) is 0 Å². The first-order chi connectivity index (χ1) is 40.2. The van der Waals surface area contributed by atoms with Gasteiger partial charge < -0.3 is 33.9 Å². The van der Waals surface area contributed by atoms with Crippen molar-refractivity contribution in [1.82, 2.24) is 0 Å². The molecule has 0 aliphatic carbocycles. The van der Waals surface area contributed by atoms with Gasteiger partial charge in [-0.2, -0.15) is 20.8 Å². The molecule has 0 amide bonds. The van der Waals surface area contributed by atoms with Crippen LogP contribution in [-0.2, 0) is 47.0 Å². The zero-order chi connectivity index (χ0) is 66.1. The second kappa shape index (κ2) is 39.0. The maximum Gasteiger partial charge on any atom is 0.340 e. The molecular formula is C61H62Br2F6N4O13. The number of aromatic carboxylic acids is 1. The molecule has 6 aromatic carbocycles. The Balaban J connectivity index is 0.000000985. The standard InChI is InChI=1S/C11H11FO4.C9H8BrFO2.C9H9FO3.C9H9FO2.C8H7FO2.C8H12N4.C7H6BrF/c1-7(13)16-6-8-3-4-9(10(12)5-8)11(14)15-2;1-13-9(12)7-3-2-6(5-10)4-8(7)11;1-13-9(12)7-3-2-6(5-11)4-8(7)10;1-6-3-4-7(8(10)5-6)9(11)12-2;1-5-2-3-6(8(10)11)7(9)4-5;1-7(2,5-9)11-12-8(3,4)6-10;1-5-2-3-6(8)7(9)4-5/h3-5H,6H2,1-2H3;2-4H,5H2,1H3;2-4,11H,5H2,1H3;3-5H,1-2H3;2-4H,1H3,(H,10,11);1-4H3;2-4H,1H3. The van der Waals surface area contributed by atoms with Crippen LogP contribution in [0.3, 0.4) is 0 Å². The van der Waals surface area contributed by atoms with Gasteiger partial charge in [-0.1, -0.05) is 52.3 Å². The molecule has 2 N–H and O–H groups in total. The quantitative estimate of drug-likeness (QED) is 0.0402. The minimum Gasteiger partial charge on any atom is -0.478 e. The minimum atomic E-state index is -1.23. The van der Waals surface area contributed by atoms with Gasteiger partial charge in [-0.3, -0.25) is 4.79 Å². The molecule has 86 heavy (non-hydrogen) atoms. The molecule has 0 unspecified atom stereocenters. The van der Waals surface area contributed by atoms with Gasteiger partial charge in [0.15, 0.2) is 11.1 Å². The molecule has 0 saturated carbocycles. The fourth-order valence-electron chi connectivity index (χ4n) is 5.54. The molecule has 0 heterocycles. The van der Waals surface area contributed by atoms with Gasteiger partial charge in [0.2, 0.25) is 0 Å². The Hall–Kier alpha value is -8.78. The summed E-state index contributed by atoms with van der Waals surface area (Å²) in [6, 6.07) is 29.5. The number of azo groups is 1. The van der Waals surface area contributed by atoms with Crippen LogP contribution in [0.2, 0.25) is 0 Å². The molecule has 6 aromatic rings. The summed E-state index contributed by atoms with van der Waals surface area (Å²) >= 11 is 6.24. The number of carboxylic acids is 1. The first-order valence-corrected chi connectivity index (χ1v) is 26.5. The van der Waals surface area contributed by atoms with E-state index in [1.807, 2.05) is 25.1 Å². The lowest BCUT2D eigenvalue weighted by Gasteiger charge is -2.11. The highest BCUT2D eigenvalue weighted by atomic mass is 79.9. The topological polar surface area (TPSA) is 261 Å². The van der Waals surface area contributed by atoms with Crippen LogP contribution in [0.25, 0.3) is 0 Å². The number of hydrogen-bond acceptors (Lipinski definition) is 16. The number of benzene rings is 6. The molecule has 0 bridgehead atoms. The Kier molecular flexibility index (Phi) is 35.0. The van der Waals surface area contributed by atoms with Gasteiger partial charge in [0.25, 0.3) is 0 Å². The van der Waals surface area contributed by atoms with Crippen molar-refractivity contribution in [3.05, 3.63) is 210 Å². The highest BCUT2D eigenvalue weighted by Gasteiger charge is 2.20. The molecule has 0 saturated heterocycles. The summed E-state index contributed by atoms with van der Waals surface area (Å²) in [4.78, 5) is 64.6. The summed E-state index contributed by atoms with van der Waals surface area (Å²) in [7, 11) is 4.80. The third kappa shape index (κ3) is 29.2. The predicted octanol–water partition coefficient (Wildman–Crippen LogP) is 14.0. The van der Waals surface area contributed by atoms with E-state index in [-0.39, 0.29) is 46.8 Å². The first-order valence-electron chi connectivity index (χ1n) is 24.6. The van der Waals surface area contributed by atoms with E-state index in [1.54, 1.807) is 65.8 Å². The van der Waals surface area contributed by atoms with Crippen LogP contribution in [0.15, 0.2) is 124 Å². The van der Waals surface area contributed by atoms with Gasteiger partial charge >= 0.3 is 35.8 Å². The van der Waals surface area contributed by atoms with Gasteiger partial charge in [-0.15, -0.1) is 0 Å². The number of carbonyl (C=O) groups excluding carboxylic acids is 5. The van der Waals surface area contributed by atoms with Gasteiger partial charge in [-0.05, 0) is 171 Å². The highest BCUT2D eigenvalue weighted by molar-refractivity contribution is 9.10. The number of hydrogen-bond donors (Lipinski definition) is 2. The Morgan fingerprint density at radius 1 is 0.500 bits per heavy atom. The minimum absolute atomic E-state index is 0.0201. The van der Waals surface area contributed by atoms with E-state index >= 15 is 0 Å². The average molecular weight is 1330 g/mol. The molecule has 17 nitrogen and oxygen atoms in total. The SMILES string of the molecule is CC(C)(C#N)N=NC(C)(C)C#N.COC(=O)c1ccc(C)cc1F.COC(=O)c1ccc(CBr)cc1F.COC(=O)c1ccc(CO)cc1F.COC(=O)c1ccc(COC(C)=O)cc1F.Cc1ccc(Br)c(F)c1.Cc1ccc(C(=O)O)c(F)c1. The largest absolute Gasteiger partial charge is 0.478 e. The number of aryl methyl sites for hydroxylation is 3. The Morgan fingerprint density at radius 3 is 1.09 bits per heavy atom. The Labute approximate surface area is 510 Å². The number of aliphatic hydroxyl groups excluding tert-OH is 1. The average Bonchev–Trinajstić information content (AvgIpc) is 3.44. The van der Waals surface area contributed by atoms with Crippen molar-refractivity contribution in [1.29, 1.82) is 10.5 Å². The summed E-state index contributed by atoms with van der Waals surface area (Å²) in [6.07, 6.45) is 0. The molecule has 0 aliphatic rings. The van der Waals surface area contributed by atoms with Gasteiger partial charge in [0.1, 0.15) is 41.5 Å². The zero-order valence-electron chi connectivity index (χ0n) is 48.7. The van der Waals surface area contributed by atoms with Gasteiger partial charge in [0.05, 0.1) is 79.5 Å². The van der Waals surface area contributed by atoms with Gasteiger partial charge in [0, 0.05) is 12.3 Å². The monoisotopic (exact) mass is 1330 g/mol. The summed E-state index contributed by atoms with van der Waals surface area (Å²) in [5, 5.41) is 42.3. The number of nitriles is 2. The lowest BCUT2D eigenvalue weighted by atomic mass is 10.1. The number of rotatable bonds is 11. The van der Waals surface area contributed by atoms with Crippen molar-refractivity contribution in [2.75, 3.05) is 28.4 Å². The molecule has 25 heteroatoms. The molecular weight excluding hydrogens is 1270 g/mol. The van der Waals surface area contributed by atoms with Crippen LogP contribution >= 0.6 is 31.9 Å². The lowest BCUT2D eigenvalue weighted by molar-refractivity contribution is -0.142. The molecule has 0 spiro atoms. The lowest BCUT2D eigenvalue weighted by Crippen LogP contribution is -2.17. The van der Waals surface area contributed by atoms with Crippen molar-refractivity contribution in [2.45, 2.75) is 85.0 Å². The molecule has 0 atom stereocenters. The van der Waals surface area contributed by atoms with E-state index in [2.05, 4.69) is 65.8 Å². The number of nitrogens with zero attached hydrogens (tertiary/aromatic N) is 4. The third-order valence-electron chi connectivity index (χ3n) is 10.2. The van der Waals surface area contributed by atoms with Crippen LogP contribution in [0.4, 0.5) is 26.3 Å². The van der Waals surface area contributed by atoms with E-state index in [9.17, 15) is 55.1 Å². The predicted molar refractivity (Wildman–Crippen MR) is 311 cm³/mol. The number of aliphatic hydroxyl groups is 1. The van der Waals surface area contributed by atoms with E-state index in [0.29, 0.717) is 26.5 Å². The Morgan fingerprint density at radius 2 is 0.802 bits per heavy atom. The summed E-state index contributed by atoms with van der Waals surface area (Å²) in [6.45, 7) is 12.9. The second-order valence-electron chi connectivity index (χ2n) is 18.2. The number of methoxy groups -OCH3 is 4. The molecule has 460 valence electrons. The van der Waals surface area contributed by atoms with Crippen LogP contribution in [0.1, 0.15) is 120 Å². The van der Waals surface area contributed by atoms with E-state index in [0.717, 1.165) is 28.8 Å². The van der Waals surface area contributed by atoms with Crippen molar-refractivity contribution in [2.24, 2.45) is 10.2 Å². The van der Waals surface area contributed by atoms with E-state index in [4.69, 9.17) is 20.7 Å². The van der Waals surface area contributed by atoms with Crippen LogP contribution in [0.5, 0.6) is 0 Å². The van der Waals surface area contributed by atoms with Crippen molar-refractivity contribution in [3.8, 4) is 12.1 Å². The van der Waals surface area contributed by atoms with Crippen molar-refractivity contribution < 1.29 is 89.0 Å². The highest BCUT2D eigenvalue weighted by Crippen LogP contribution is 2.18. The van der Waals surface area contributed by atoms with E-state index in [1.165, 1.54) is 102 Å². The first kappa shape index (κ1) is 77.2. The second-order valence-corrected chi connectivity index (χ2v) is 19.6. The Bertz CT molecular complexity index is 3310. The molecule has 0 aliphatic heterocycles. The number of ether oxygens (including phenoxy) is 5. The van der Waals surface area contributed by atoms with Crippen LogP contribution in [-0.4, -0.2) is 85.5 Å². The number of esters is 5. The number of carbonyl (C=O) groups is 6. The van der Waals surface area contributed by atoms with Crippen molar-refractivity contribution >= 4 is 67.7 Å². The summed E-state index contributed by atoms with van der Waals surface area (Å²) < 4.78 is 101. The zero-order valence-corrected chi connectivity index (χ0v) is 51.9. The fraction of sp³-hybridized carbons (Fsp3) is 0.279. The number of carboxylic acid groups (broad SMARTS) is 1. The molecule has 0 radical (unpaired) electrons. The van der Waals surface area contributed by atoms with E-state index < -0.39 is 76.0 Å². The number of halogens is 8. The van der Waals surface area contributed by atoms with Gasteiger partial charge in [-0.25, -0.2) is 50.3 Å². The molecule has 6 rings (SSSR count). The molecule has 0 aromatic heterocycles. The number of alkyl halides is 1. The van der Waals surface area contributed by atoms with Crippen LogP contribution < -0.4 is 0 Å².